The molecule has 1 N–H and O–H groups in total. The standard InChI is InChI=1S/C22H24N4O2/c1-16-3-5-17(6-4-16)21-20(15-23-24-21)22(27)26-13-11-25(12-14-26)18-7-9-19(28-2)10-8-18/h3-10,15H,11-14H2,1-2H3,(H,23,24). The van der Waals surface area contributed by atoms with Crippen molar-refractivity contribution in [3.05, 3.63) is 65.9 Å². The van der Waals surface area contributed by atoms with Crippen LogP contribution in [0.2, 0.25) is 0 Å². The molecule has 144 valence electrons. The zero-order valence-electron chi connectivity index (χ0n) is 16.2. The fourth-order valence-electron chi connectivity index (χ4n) is 3.52. The molecule has 0 saturated carbocycles. The quantitative estimate of drug-likeness (QED) is 0.759. The summed E-state index contributed by atoms with van der Waals surface area (Å²) in [7, 11) is 1.67. The molecule has 0 spiro atoms. The van der Waals surface area contributed by atoms with E-state index in [1.54, 1.807) is 13.3 Å². The molecule has 0 atom stereocenters. The van der Waals surface area contributed by atoms with Crippen molar-refractivity contribution in [1.82, 2.24) is 15.1 Å². The second-order valence-electron chi connectivity index (χ2n) is 7.00. The highest BCUT2D eigenvalue weighted by Crippen LogP contribution is 2.24. The Labute approximate surface area is 164 Å². The van der Waals surface area contributed by atoms with E-state index < -0.39 is 0 Å². The Hall–Kier alpha value is -3.28. The van der Waals surface area contributed by atoms with Crippen molar-refractivity contribution < 1.29 is 9.53 Å². The number of piperazine rings is 1. The molecule has 2 aromatic carbocycles. The van der Waals surface area contributed by atoms with Crippen molar-refractivity contribution in [2.24, 2.45) is 0 Å². The Balaban J connectivity index is 1.44. The summed E-state index contributed by atoms with van der Waals surface area (Å²) in [6.45, 7) is 5.02. The van der Waals surface area contributed by atoms with Crippen LogP contribution in [0.15, 0.2) is 54.7 Å². The third-order valence-electron chi connectivity index (χ3n) is 5.21. The van der Waals surface area contributed by atoms with Gasteiger partial charge < -0.3 is 14.5 Å². The minimum atomic E-state index is 0.0266. The molecule has 0 radical (unpaired) electrons. The molecule has 0 unspecified atom stereocenters. The number of amides is 1. The second kappa shape index (κ2) is 7.76. The summed E-state index contributed by atoms with van der Waals surface area (Å²) in [5.74, 6) is 0.875. The molecule has 1 aliphatic rings. The highest BCUT2D eigenvalue weighted by Gasteiger charge is 2.25. The van der Waals surface area contributed by atoms with Crippen LogP contribution in [-0.4, -0.2) is 54.3 Å². The lowest BCUT2D eigenvalue weighted by molar-refractivity contribution is 0.0747. The van der Waals surface area contributed by atoms with Crippen molar-refractivity contribution in [2.75, 3.05) is 38.2 Å². The molecule has 2 heterocycles. The molecule has 4 rings (SSSR count). The van der Waals surface area contributed by atoms with Gasteiger partial charge in [-0.1, -0.05) is 29.8 Å². The van der Waals surface area contributed by atoms with Crippen LogP contribution in [0, 0.1) is 6.92 Å². The zero-order valence-corrected chi connectivity index (χ0v) is 16.2. The first kappa shape index (κ1) is 18.1. The van der Waals surface area contributed by atoms with Gasteiger partial charge in [0.2, 0.25) is 0 Å². The molecule has 1 fully saturated rings. The van der Waals surface area contributed by atoms with Gasteiger partial charge in [0.05, 0.1) is 24.6 Å². The Kier molecular flexibility index (Phi) is 5.02. The molecule has 1 amide bonds. The van der Waals surface area contributed by atoms with Crippen LogP contribution in [0.25, 0.3) is 11.3 Å². The number of carbonyl (C=O) groups excluding carboxylic acids is 1. The van der Waals surface area contributed by atoms with E-state index >= 15 is 0 Å². The van der Waals surface area contributed by atoms with Gasteiger partial charge in [0.1, 0.15) is 5.75 Å². The first-order valence-corrected chi connectivity index (χ1v) is 9.44. The number of carbonyl (C=O) groups is 1. The highest BCUT2D eigenvalue weighted by atomic mass is 16.5. The molecule has 6 heteroatoms. The third kappa shape index (κ3) is 3.58. The smallest absolute Gasteiger partial charge is 0.257 e. The normalized spacial score (nSPS) is 14.2. The van der Waals surface area contributed by atoms with Gasteiger partial charge in [-0.15, -0.1) is 0 Å². The maximum absolute atomic E-state index is 13.1. The van der Waals surface area contributed by atoms with E-state index in [1.165, 1.54) is 5.56 Å². The van der Waals surface area contributed by atoms with Crippen LogP contribution in [-0.2, 0) is 0 Å². The van der Waals surface area contributed by atoms with E-state index in [1.807, 2.05) is 48.2 Å². The number of rotatable bonds is 4. The number of nitrogens with one attached hydrogen (secondary N) is 1. The van der Waals surface area contributed by atoms with Crippen LogP contribution >= 0.6 is 0 Å². The summed E-state index contributed by atoms with van der Waals surface area (Å²) in [6, 6.07) is 16.2. The molecule has 1 aliphatic heterocycles. The first-order chi connectivity index (χ1) is 13.7. The van der Waals surface area contributed by atoms with Gasteiger partial charge in [0, 0.05) is 37.4 Å². The topological polar surface area (TPSA) is 61.5 Å². The maximum Gasteiger partial charge on any atom is 0.257 e. The largest absolute Gasteiger partial charge is 0.497 e. The fraction of sp³-hybridized carbons (Fsp3) is 0.273. The van der Waals surface area contributed by atoms with Gasteiger partial charge in [-0.2, -0.15) is 5.10 Å². The number of benzene rings is 2. The van der Waals surface area contributed by atoms with Crippen molar-refractivity contribution in [2.45, 2.75) is 6.92 Å². The number of hydrogen-bond donors (Lipinski definition) is 1. The number of aryl methyl sites for hydroxylation is 1. The van der Waals surface area contributed by atoms with E-state index in [0.29, 0.717) is 18.7 Å². The van der Waals surface area contributed by atoms with Gasteiger partial charge in [-0.05, 0) is 31.2 Å². The average Bonchev–Trinajstić information content (AvgIpc) is 3.24. The van der Waals surface area contributed by atoms with Crippen molar-refractivity contribution in [1.29, 1.82) is 0 Å². The lowest BCUT2D eigenvalue weighted by atomic mass is 10.1. The molecular weight excluding hydrogens is 352 g/mol. The van der Waals surface area contributed by atoms with Crippen LogP contribution < -0.4 is 9.64 Å². The first-order valence-electron chi connectivity index (χ1n) is 9.44. The van der Waals surface area contributed by atoms with E-state index in [4.69, 9.17) is 4.74 Å². The number of anilines is 1. The van der Waals surface area contributed by atoms with Crippen LogP contribution in [0.5, 0.6) is 5.75 Å². The zero-order chi connectivity index (χ0) is 19.5. The molecule has 28 heavy (non-hydrogen) atoms. The third-order valence-corrected chi connectivity index (χ3v) is 5.21. The van der Waals surface area contributed by atoms with Crippen LogP contribution in [0.1, 0.15) is 15.9 Å². The Morgan fingerprint density at radius 1 is 1.00 bits per heavy atom. The predicted molar refractivity (Wildman–Crippen MR) is 110 cm³/mol. The lowest BCUT2D eigenvalue weighted by Crippen LogP contribution is -2.48. The summed E-state index contributed by atoms with van der Waals surface area (Å²) in [5, 5.41) is 7.11. The minimum absolute atomic E-state index is 0.0266. The fourth-order valence-corrected chi connectivity index (χ4v) is 3.52. The minimum Gasteiger partial charge on any atom is -0.497 e. The van der Waals surface area contributed by atoms with Gasteiger partial charge in [0.15, 0.2) is 0 Å². The highest BCUT2D eigenvalue weighted by molar-refractivity contribution is 5.99. The molecule has 3 aromatic rings. The van der Waals surface area contributed by atoms with Crippen molar-refractivity contribution in [3.8, 4) is 17.0 Å². The number of ether oxygens (including phenoxy) is 1. The van der Waals surface area contributed by atoms with Gasteiger partial charge in [0.25, 0.3) is 5.91 Å². The number of nitrogens with zero attached hydrogens (tertiary/aromatic N) is 3. The SMILES string of the molecule is COc1ccc(N2CCN(C(=O)c3cn[nH]c3-c3ccc(C)cc3)CC2)cc1. The van der Waals surface area contributed by atoms with E-state index in [2.05, 4.69) is 27.2 Å². The maximum atomic E-state index is 13.1. The van der Waals surface area contributed by atoms with Crippen molar-refractivity contribution in [3.63, 3.8) is 0 Å². The Morgan fingerprint density at radius 2 is 1.68 bits per heavy atom. The summed E-state index contributed by atoms with van der Waals surface area (Å²) >= 11 is 0. The predicted octanol–water partition coefficient (Wildman–Crippen LogP) is 3.36. The van der Waals surface area contributed by atoms with Gasteiger partial charge in [-0.3, -0.25) is 9.89 Å². The number of aromatic nitrogens is 2. The number of hydrogen-bond acceptors (Lipinski definition) is 4. The van der Waals surface area contributed by atoms with Crippen molar-refractivity contribution >= 4 is 11.6 Å². The molecule has 0 aliphatic carbocycles. The summed E-state index contributed by atoms with van der Waals surface area (Å²) < 4.78 is 5.22. The molecular formula is C22H24N4O2. The number of aromatic amines is 1. The molecule has 1 saturated heterocycles. The van der Waals surface area contributed by atoms with Gasteiger partial charge >= 0.3 is 0 Å². The number of methoxy groups -OCH3 is 1. The Bertz CT molecular complexity index is 939. The van der Waals surface area contributed by atoms with Crippen LogP contribution in [0.4, 0.5) is 5.69 Å². The van der Waals surface area contributed by atoms with E-state index in [0.717, 1.165) is 35.8 Å². The summed E-state index contributed by atoms with van der Waals surface area (Å²) in [6.07, 6.45) is 1.63. The van der Waals surface area contributed by atoms with E-state index in [-0.39, 0.29) is 5.91 Å². The molecule has 0 bridgehead atoms. The molecule has 6 nitrogen and oxygen atoms in total. The molecule has 1 aromatic heterocycles. The lowest BCUT2D eigenvalue weighted by Gasteiger charge is -2.36. The number of H-pyrrole nitrogens is 1. The monoisotopic (exact) mass is 376 g/mol. The van der Waals surface area contributed by atoms with Gasteiger partial charge in [-0.25, -0.2) is 0 Å². The summed E-state index contributed by atoms with van der Waals surface area (Å²) in [4.78, 5) is 17.3. The summed E-state index contributed by atoms with van der Waals surface area (Å²) in [5.41, 5.74) is 4.72. The average molecular weight is 376 g/mol. The Morgan fingerprint density at radius 3 is 2.32 bits per heavy atom. The van der Waals surface area contributed by atoms with Crippen LogP contribution in [0.3, 0.4) is 0 Å². The van der Waals surface area contributed by atoms with E-state index in [9.17, 15) is 4.79 Å². The second-order valence-corrected chi connectivity index (χ2v) is 7.00.